The van der Waals surface area contributed by atoms with Gasteiger partial charge in [0.2, 0.25) is 11.7 Å². The summed E-state index contributed by atoms with van der Waals surface area (Å²) in [4.78, 5) is 21.6. The molecule has 0 unspecified atom stereocenters. The van der Waals surface area contributed by atoms with Gasteiger partial charge in [0.15, 0.2) is 5.13 Å². The zero-order chi connectivity index (χ0) is 14.8. The number of carbonyl (C=O) groups excluding carboxylic acids is 1. The van der Waals surface area contributed by atoms with E-state index in [1.165, 1.54) is 17.5 Å². The molecule has 106 valence electrons. The van der Waals surface area contributed by atoms with Crippen LogP contribution in [-0.2, 0) is 0 Å². The van der Waals surface area contributed by atoms with Gasteiger partial charge in [0, 0.05) is 10.4 Å². The number of benzene rings is 1. The van der Waals surface area contributed by atoms with Gasteiger partial charge >= 0.3 is 0 Å². The Balaban J connectivity index is 1.78. The van der Waals surface area contributed by atoms with Crippen molar-refractivity contribution in [1.82, 2.24) is 9.97 Å². The van der Waals surface area contributed by atoms with E-state index in [1.54, 1.807) is 0 Å². The number of hydrogen-bond donors (Lipinski definition) is 1. The number of carbonyl (C=O) groups is 1. The summed E-state index contributed by atoms with van der Waals surface area (Å²) in [6.45, 7) is 3.87. The van der Waals surface area contributed by atoms with Crippen molar-refractivity contribution in [3.63, 3.8) is 0 Å². The highest BCUT2D eigenvalue weighted by atomic mass is 32.1. The first-order valence-electron chi connectivity index (χ1n) is 6.40. The maximum absolute atomic E-state index is 12.1. The average Bonchev–Trinajstić information content (AvgIpc) is 3.08. The molecule has 1 aromatic carbocycles. The van der Waals surface area contributed by atoms with Crippen LogP contribution in [-0.4, -0.2) is 15.9 Å². The molecular weight excluding hydrogens is 286 g/mol. The molecule has 0 atom stereocenters. The van der Waals surface area contributed by atoms with Crippen molar-refractivity contribution in [1.29, 1.82) is 0 Å². The first-order chi connectivity index (χ1) is 10.1. The number of nitrogens with one attached hydrogen (secondary N) is 1. The number of amides is 1. The number of aryl methyl sites for hydroxylation is 2. The molecule has 0 spiro atoms. The van der Waals surface area contributed by atoms with Crippen LogP contribution in [0.15, 0.2) is 40.9 Å². The second-order valence-electron chi connectivity index (χ2n) is 4.51. The Morgan fingerprint density at radius 3 is 2.67 bits per heavy atom. The molecular formula is C15H13N3O2S. The molecule has 3 aromatic rings. The van der Waals surface area contributed by atoms with Crippen molar-refractivity contribution in [3.05, 3.63) is 52.9 Å². The summed E-state index contributed by atoms with van der Waals surface area (Å²) in [5, 5.41) is 3.28. The van der Waals surface area contributed by atoms with Crippen LogP contribution in [0.1, 0.15) is 21.1 Å². The van der Waals surface area contributed by atoms with E-state index < -0.39 is 0 Å². The second kappa shape index (κ2) is 5.49. The zero-order valence-electron chi connectivity index (χ0n) is 11.6. The summed E-state index contributed by atoms with van der Waals surface area (Å²) in [6, 6.07) is 9.44. The lowest BCUT2D eigenvalue weighted by molar-refractivity contribution is 0.0997. The molecule has 5 nitrogen and oxygen atoms in total. The van der Waals surface area contributed by atoms with Crippen LogP contribution in [0.4, 0.5) is 5.13 Å². The van der Waals surface area contributed by atoms with Crippen molar-refractivity contribution >= 4 is 22.4 Å². The normalized spacial score (nSPS) is 10.6. The third kappa shape index (κ3) is 2.85. The Morgan fingerprint density at radius 1 is 1.24 bits per heavy atom. The molecule has 0 saturated carbocycles. The lowest BCUT2D eigenvalue weighted by Gasteiger charge is -1.97. The van der Waals surface area contributed by atoms with Crippen LogP contribution in [0.25, 0.3) is 11.5 Å². The molecule has 0 aliphatic heterocycles. The molecule has 2 aromatic heterocycles. The Bertz CT molecular complexity index is 758. The third-order valence-corrected chi connectivity index (χ3v) is 3.99. The monoisotopic (exact) mass is 299 g/mol. The minimum Gasteiger partial charge on any atom is -0.431 e. The summed E-state index contributed by atoms with van der Waals surface area (Å²) in [5.41, 5.74) is 1.75. The van der Waals surface area contributed by atoms with E-state index in [2.05, 4.69) is 15.3 Å². The Kier molecular flexibility index (Phi) is 3.53. The Labute approximate surface area is 125 Å². The minimum absolute atomic E-state index is 0.166. The van der Waals surface area contributed by atoms with Gasteiger partial charge in [-0.1, -0.05) is 18.2 Å². The highest BCUT2D eigenvalue weighted by Crippen LogP contribution is 2.23. The van der Waals surface area contributed by atoms with E-state index in [-0.39, 0.29) is 11.7 Å². The van der Waals surface area contributed by atoms with Gasteiger partial charge in [-0.05, 0) is 26.0 Å². The number of anilines is 1. The number of aromatic nitrogens is 2. The number of nitrogens with zero attached hydrogens (tertiary/aromatic N) is 2. The van der Waals surface area contributed by atoms with Crippen LogP contribution in [0, 0.1) is 13.8 Å². The van der Waals surface area contributed by atoms with E-state index in [0.717, 1.165) is 16.1 Å². The van der Waals surface area contributed by atoms with Gasteiger partial charge in [0.1, 0.15) is 0 Å². The topological polar surface area (TPSA) is 68.0 Å². The van der Waals surface area contributed by atoms with Crippen LogP contribution in [0.2, 0.25) is 0 Å². The highest BCUT2D eigenvalue weighted by molar-refractivity contribution is 7.15. The van der Waals surface area contributed by atoms with Crippen molar-refractivity contribution < 1.29 is 9.21 Å². The summed E-state index contributed by atoms with van der Waals surface area (Å²) in [5.74, 6) is 0.241. The quantitative estimate of drug-likeness (QED) is 0.801. The lowest BCUT2D eigenvalue weighted by Crippen LogP contribution is -2.10. The van der Waals surface area contributed by atoms with Crippen LogP contribution in [0.3, 0.4) is 0 Å². The Hall–Kier alpha value is -2.47. The highest BCUT2D eigenvalue weighted by Gasteiger charge is 2.15. The van der Waals surface area contributed by atoms with Crippen LogP contribution >= 0.6 is 11.3 Å². The molecule has 0 bridgehead atoms. The summed E-state index contributed by atoms with van der Waals surface area (Å²) >= 11 is 1.44. The van der Waals surface area contributed by atoms with E-state index >= 15 is 0 Å². The predicted molar refractivity (Wildman–Crippen MR) is 81.5 cm³/mol. The molecule has 1 amide bonds. The lowest BCUT2D eigenvalue weighted by atomic mass is 10.2. The molecule has 1 N–H and O–H groups in total. The van der Waals surface area contributed by atoms with Gasteiger partial charge in [0.05, 0.1) is 11.9 Å². The molecule has 0 fully saturated rings. The Morgan fingerprint density at radius 2 is 2.00 bits per heavy atom. The number of hydrogen-bond acceptors (Lipinski definition) is 5. The fourth-order valence-corrected chi connectivity index (χ4v) is 2.59. The van der Waals surface area contributed by atoms with E-state index in [9.17, 15) is 4.79 Å². The molecule has 0 radical (unpaired) electrons. The van der Waals surface area contributed by atoms with Crippen molar-refractivity contribution in [3.8, 4) is 11.5 Å². The largest absolute Gasteiger partial charge is 0.431 e. The van der Waals surface area contributed by atoms with Crippen molar-refractivity contribution in [2.24, 2.45) is 0 Å². The van der Waals surface area contributed by atoms with Crippen molar-refractivity contribution in [2.45, 2.75) is 13.8 Å². The smallest absolute Gasteiger partial charge is 0.294 e. The average molecular weight is 299 g/mol. The predicted octanol–water partition coefficient (Wildman–Crippen LogP) is 3.67. The number of rotatable bonds is 3. The van der Waals surface area contributed by atoms with Crippen LogP contribution in [0.5, 0.6) is 0 Å². The van der Waals surface area contributed by atoms with Gasteiger partial charge in [-0.25, -0.2) is 9.97 Å². The SMILES string of the molecule is Cc1nc(NC(=O)c2cnc(-c3ccccc3)o2)sc1C. The third-order valence-electron chi connectivity index (χ3n) is 3.00. The summed E-state index contributed by atoms with van der Waals surface area (Å²) in [6.07, 6.45) is 1.42. The first kappa shape index (κ1) is 13.5. The van der Waals surface area contributed by atoms with E-state index in [0.29, 0.717) is 11.0 Å². The van der Waals surface area contributed by atoms with Gasteiger partial charge in [0.25, 0.3) is 5.91 Å². The molecule has 21 heavy (non-hydrogen) atoms. The van der Waals surface area contributed by atoms with Gasteiger partial charge in [-0.3, -0.25) is 10.1 Å². The maximum Gasteiger partial charge on any atom is 0.294 e. The molecule has 0 aliphatic carbocycles. The fraction of sp³-hybridized carbons (Fsp3) is 0.133. The fourth-order valence-electron chi connectivity index (χ4n) is 1.78. The van der Waals surface area contributed by atoms with E-state index in [4.69, 9.17) is 4.42 Å². The van der Waals surface area contributed by atoms with E-state index in [1.807, 2.05) is 44.2 Å². The first-order valence-corrected chi connectivity index (χ1v) is 7.22. The standard InChI is InChI=1S/C15H13N3O2S/c1-9-10(2)21-15(17-9)18-13(19)12-8-16-14(20-12)11-6-4-3-5-7-11/h3-8H,1-2H3,(H,17,18,19). The van der Waals surface area contributed by atoms with Crippen LogP contribution < -0.4 is 5.32 Å². The molecule has 0 saturated heterocycles. The molecule has 0 aliphatic rings. The zero-order valence-corrected chi connectivity index (χ0v) is 12.4. The molecule has 6 heteroatoms. The molecule has 3 rings (SSSR count). The minimum atomic E-state index is -0.349. The second-order valence-corrected chi connectivity index (χ2v) is 5.71. The number of oxazole rings is 1. The summed E-state index contributed by atoms with van der Waals surface area (Å²) < 4.78 is 5.49. The maximum atomic E-state index is 12.1. The van der Waals surface area contributed by atoms with Crippen molar-refractivity contribution in [2.75, 3.05) is 5.32 Å². The molecule has 2 heterocycles. The number of thiazole rings is 1. The van der Waals surface area contributed by atoms with Gasteiger partial charge < -0.3 is 4.42 Å². The van der Waals surface area contributed by atoms with Gasteiger partial charge in [-0.15, -0.1) is 11.3 Å². The van der Waals surface area contributed by atoms with Gasteiger partial charge in [-0.2, -0.15) is 0 Å². The summed E-state index contributed by atoms with van der Waals surface area (Å²) in [7, 11) is 0.